The summed E-state index contributed by atoms with van der Waals surface area (Å²) < 4.78 is 0.545. The molecule has 0 aliphatic carbocycles. The van der Waals surface area contributed by atoms with Crippen LogP contribution < -0.4 is 15.2 Å². The predicted molar refractivity (Wildman–Crippen MR) is 55.7 cm³/mol. The van der Waals surface area contributed by atoms with Gasteiger partial charge in [-0.2, -0.15) is 10.5 Å². The van der Waals surface area contributed by atoms with Crippen LogP contribution >= 0.6 is 0 Å². The van der Waals surface area contributed by atoms with Gasteiger partial charge >= 0.3 is 11.5 Å². The summed E-state index contributed by atoms with van der Waals surface area (Å²) in [7, 11) is 0. The van der Waals surface area contributed by atoms with Gasteiger partial charge in [-0.1, -0.05) is 0 Å². The SMILES string of the molecule is N#Cc1ccc2c(c1)[n+]([O-])c(N)c(C#N)[n+]2[O-]. The number of anilines is 1. The van der Waals surface area contributed by atoms with E-state index in [1.807, 2.05) is 6.07 Å². The number of aromatic nitrogens is 2. The van der Waals surface area contributed by atoms with E-state index in [4.69, 9.17) is 16.3 Å². The lowest BCUT2D eigenvalue weighted by Crippen LogP contribution is -2.43. The third-order valence-electron chi connectivity index (χ3n) is 2.31. The molecule has 0 saturated carbocycles. The number of nitrogen functional groups attached to an aromatic ring is 1. The Morgan fingerprint density at radius 1 is 1.06 bits per heavy atom. The molecule has 0 spiro atoms. The minimum Gasteiger partial charge on any atom is -0.710 e. The van der Waals surface area contributed by atoms with Crippen molar-refractivity contribution in [3.8, 4) is 12.1 Å². The average molecular weight is 227 g/mol. The molecule has 0 aliphatic heterocycles. The van der Waals surface area contributed by atoms with Crippen LogP contribution in [-0.4, -0.2) is 0 Å². The normalized spacial score (nSPS) is 9.76. The zero-order chi connectivity index (χ0) is 12.6. The molecule has 0 amide bonds. The number of benzene rings is 1. The second-order valence-corrected chi connectivity index (χ2v) is 3.25. The van der Waals surface area contributed by atoms with Crippen LogP contribution in [-0.2, 0) is 0 Å². The summed E-state index contributed by atoms with van der Waals surface area (Å²) in [6, 6.07) is 7.34. The second-order valence-electron chi connectivity index (χ2n) is 3.25. The van der Waals surface area contributed by atoms with Gasteiger partial charge in [-0.25, -0.2) is 4.73 Å². The predicted octanol–water partition coefficient (Wildman–Crippen LogP) is -0.568. The molecule has 2 rings (SSSR count). The van der Waals surface area contributed by atoms with E-state index in [9.17, 15) is 10.4 Å². The molecule has 7 heteroatoms. The maximum absolute atomic E-state index is 11.7. The summed E-state index contributed by atoms with van der Waals surface area (Å²) in [6.45, 7) is 0. The standard InChI is InChI=1S/C10H5N5O2/c11-4-6-1-2-7-8(3-6)15(17)10(13)9(5-12)14(7)16/h1-3H,13H2. The topological polar surface area (TPSA) is 127 Å². The molecule has 7 nitrogen and oxygen atoms in total. The van der Waals surface area contributed by atoms with Crippen molar-refractivity contribution in [1.29, 1.82) is 10.5 Å². The zero-order valence-corrected chi connectivity index (χ0v) is 8.41. The van der Waals surface area contributed by atoms with E-state index in [0.29, 0.717) is 0 Å². The number of rotatable bonds is 0. The number of nitrogens with two attached hydrogens (primary N) is 1. The molecule has 1 heterocycles. The van der Waals surface area contributed by atoms with Gasteiger partial charge in [0.2, 0.25) is 5.52 Å². The lowest BCUT2D eigenvalue weighted by molar-refractivity contribution is -0.620. The van der Waals surface area contributed by atoms with Crippen molar-refractivity contribution in [1.82, 2.24) is 0 Å². The third kappa shape index (κ3) is 1.34. The minimum absolute atomic E-state index is 0.00949. The van der Waals surface area contributed by atoms with Gasteiger partial charge in [-0.15, -0.1) is 4.73 Å². The number of fused-ring (bicyclic) bond motifs is 1. The molecule has 0 atom stereocenters. The van der Waals surface area contributed by atoms with Crippen LogP contribution in [0.5, 0.6) is 0 Å². The number of nitrogens with zero attached hydrogens (tertiary/aromatic N) is 4. The molecular formula is C10H5N5O2. The molecule has 17 heavy (non-hydrogen) atoms. The quantitative estimate of drug-likeness (QED) is 0.476. The number of hydrogen-bond donors (Lipinski definition) is 1. The van der Waals surface area contributed by atoms with Crippen molar-refractivity contribution in [3.63, 3.8) is 0 Å². The Morgan fingerprint density at radius 2 is 1.76 bits per heavy atom. The molecule has 0 aliphatic rings. The fourth-order valence-corrected chi connectivity index (χ4v) is 1.48. The Hall–Kier alpha value is -3.06. The van der Waals surface area contributed by atoms with Crippen LogP contribution in [0, 0.1) is 33.1 Å². The van der Waals surface area contributed by atoms with Gasteiger partial charge in [-0.3, -0.25) is 5.73 Å². The molecule has 82 valence electrons. The monoisotopic (exact) mass is 227 g/mol. The highest BCUT2D eigenvalue weighted by atomic mass is 16.5. The Bertz CT molecular complexity index is 711. The maximum atomic E-state index is 11.7. The van der Waals surface area contributed by atoms with Crippen molar-refractivity contribution in [3.05, 3.63) is 39.9 Å². The number of hydrogen-bond acceptors (Lipinski definition) is 5. The van der Waals surface area contributed by atoms with E-state index in [-0.39, 0.29) is 26.1 Å². The van der Waals surface area contributed by atoms with Crippen molar-refractivity contribution in [2.75, 3.05) is 5.73 Å². The second kappa shape index (κ2) is 3.51. The van der Waals surface area contributed by atoms with Crippen LogP contribution in [0.1, 0.15) is 11.3 Å². The highest BCUT2D eigenvalue weighted by Gasteiger charge is 2.23. The van der Waals surface area contributed by atoms with E-state index in [1.165, 1.54) is 18.2 Å². The summed E-state index contributed by atoms with van der Waals surface area (Å²) in [6.07, 6.45) is 0. The van der Waals surface area contributed by atoms with E-state index < -0.39 is 11.5 Å². The lowest BCUT2D eigenvalue weighted by atomic mass is 10.2. The molecule has 1 aromatic heterocycles. The van der Waals surface area contributed by atoms with Crippen molar-refractivity contribution in [2.45, 2.75) is 0 Å². The van der Waals surface area contributed by atoms with Crippen LogP contribution in [0.25, 0.3) is 11.0 Å². The molecule has 1 aromatic carbocycles. The van der Waals surface area contributed by atoms with Crippen LogP contribution in [0.2, 0.25) is 0 Å². The van der Waals surface area contributed by atoms with Crippen molar-refractivity contribution in [2.24, 2.45) is 0 Å². The third-order valence-corrected chi connectivity index (χ3v) is 2.31. The summed E-state index contributed by atoms with van der Waals surface area (Å²) in [5.41, 5.74) is 5.09. The smallest absolute Gasteiger partial charge is 0.385 e. The lowest BCUT2D eigenvalue weighted by Gasteiger charge is -2.10. The van der Waals surface area contributed by atoms with E-state index in [0.717, 1.165) is 0 Å². The number of nitriles is 2. The first-order valence-electron chi connectivity index (χ1n) is 4.48. The molecule has 2 N–H and O–H groups in total. The Labute approximate surface area is 95.3 Å². The maximum Gasteiger partial charge on any atom is 0.385 e. The van der Waals surface area contributed by atoms with E-state index >= 15 is 0 Å². The first-order chi connectivity index (χ1) is 8.10. The molecule has 2 aromatic rings. The Kier molecular flexibility index (Phi) is 2.16. The van der Waals surface area contributed by atoms with Gasteiger partial charge in [0.25, 0.3) is 5.52 Å². The Morgan fingerprint density at radius 3 is 2.35 bits per heavy atom. The molecule has 0 bridgehead atoms. The van der Waals surface area contributed by atoms with Gasteiger partial charge < -0.3 is 10.4 Å². The van der Waals surface area contributed by atoms with E-state index in [1.54, 1.807) is 6.07 Å². The van der Waals surface area contributed by atoms with Crippen molar-refractivity contribution < 1.29 is 9.46 Å². The highest BCUT2D eigenvalue weighted by molar-refractivity contribution is 5.71. The van der Waals surface area contributed by atoms with Gasteiger partial charge in [0.15, 0.2) is 6.07 Å². The van der Waals surface area contributed by atoms with Crippen molar-refractivity contribution >= 4 is 16.9 Å². The highest BCUT2D eigenvalue weighted by Crippen LogP contribution is 2.12. The summed E-state index contributed by atoms with van der Waals surface area (Å²) in [5.74, 6) is -0.481. The molecule has 0 saturated heterocycles. The Balaban J connectivity index is 3.00. The van der Waals surface area contributed by atoms with Crippen LogP contribution in [0.15, 0.2) is 18.2 Å². The fourth-order valence-electron chi connectivity index (χ4n) is 1.48. The van der Waals surface area contributed by atoms with E-state index in [2.05, 4.69) is 0 Å². The van der Waals surface area contributed by atoms with Crippen LogP contribution in [0.3, 0.4) is 0 Å². The van der Waals surface area contributed by atoms with Crippen LogP contribution in [0.4, 0.5) is 5.82 Å². The summed E-state index contributed by atoms with van der Waals surface area (Å²) >= 11 is 0. The van der Waals surface area contributed by atoms with Gasteiger partial charge in [0, 0.05) is 12.1 Å². The van der Waals surface area contributed by atoms with Gasteiger partial charge in [0.05, 0.1) is 11.6 Å². The fraction of sp³-hybridized carbons (Fsp3) is 0. The van der Waals surface area contributed by atoms with Gasteiger partial charge in [-0.05, 0) is 6.07 Å². The molecule has 0 radical (unpaired) electrons. The minimum atomic E-state index is -0.481. The molecule has 0 unspecified atom stereocenters. The summed E-state index contributed by atoms with van der Waals surface area (Å²) in [4.78, 5) is 0. The largest absolute Gasteiger partial charge is 0.710 e. The van der Waals surface area contributed by atoms with Gasteiger partial charge in [0.1, 0.15) is 0 Å². The summed E-state index contributed by atoms with van der Waals surface area (Å²) in [5, 5.41) is 40.8. The molecular weight excluding hydrogens is 222 g/mol. The first kappa shape index (κ1) is 10.5. The zero-order valence-electron chi connectivity index (χ0n) is 8.41. The average Bonchev–Trinajstić information content (AvgIpc) is 2.36. The molecule has 0 fully saturated rings. The first-order valence-corrected chi connectivity index (χ1v) is 4.48.